The molecule has 2 saturated heterocycles. The molecule has 4 atom stereocenters. The van der Waals surface area contributed by atoms with Gasteiger partial charge in [-0.1, -0.05) is 6.07 Å². The maximum absolute atomic E-state index is 13.5. The molecule has 3 N–H and O–H groups in total. The van der Waals surface area contributed by atoms with Crippen LogP contribution in [0.4, 0.5) is 5.69 Å². The Bertz CT molecular complexity index is 1070. The molecule has 0 spiro atoms. The summed E-state index contributed by atoms with van der Waals surface area (Å²) in [4.78, 5) is 28.7. The molecule has 1 aliphatic carbocycles. The van der Waals surface area contributed by atoms with Crippen molar-refractivity contribution < 1.29 is 19.4 Å². The minimum atomic E-state index is -0.925. The molecule has 0 aromatic heterocycles. The minimum Gasteiger partial charge on any atom is -0.396 e. The third-order valence-corrected chi connectivity index (χ3v) is 6.48. The summed E-state index contributed by atoms with van der Waals surface area (Å²) in [6.45, 7) is 1.88. The number of ketones is 2. The van der Waals surface area contributed by atoms with Crippen molar-refractivity contribution in [2.24, 2.45) is 5.92 Å². The zero-order valence-corrected chi connectivity index (χ0v) is 16.0. The second kappa shape index (κ2) is 6.00. The van der Waals surface area contributed by atoms with E-state index in [0.29, 0.717) is 34.6 Å². The van der Waals surface area contributed by atoms with Gasteiger partial charge in [-0.3, -0.25) is 9.59 Å². The van der Waals surface area contributed by atoms with Crippen LogP contribution < -0.4 is 10.6 Å². The Balaban J connectivity index is 1.57. The molecular formula is C21H20N4O4. The highest BCUT2D eigenvalue weighted by Gasteiger charge is 2.72. The van der Waals surface area contributed by atoms with Gasteiger partial charge in [-0.15, -0.1) is 0 Å². The highest BCUT2D eigenvalue weighted by atomic mass is 16.5. The standard InChI is InChI=1S/C21H20N4O4/c1-10-16(23-12-5-3-4-11(6-12)7-22)19(28)15-13(9-26)21(29-2)20-14(24-20)8-25(21)17(15)18(10)27/h3-6,13-14,20,23-24,26H,8-9H2,1-2H3. The number of nitriles is 1. The first kappa shape index (κ1) is 18.1. The molecule has 8 nitrogen and oxygen atoms in total. The van der Waals surface area contributed by atoms with Crippen LogP contribution in [0.2, 0.25) is 0 Å². The summed E-state index contributed by atoms with van der Waals surface area (Å²) in [5.74, 6) is -1.18. The van der Waals surface area contributed by atoms with Gasteiger partial charge in [0.25, 0.3) is 0 Å². The monoisotopic (exact) mass is 392 g/mol. The van der Waals surface area contributed by atoms with E-state index in [0.717, 1.165) is 0 Å². The number of methoxy groups -OCH3 is 1. The highest BCUT2D eigenvalue weighted by molar-refractivity contribution is 6.26. The number of anilines is 1. The normalized spacial score (nSPS) is 32.2. The highest BCUT2D eigenvalue weighted by Crippen LogP contribution is 2.55. The van der Waals surface area contributed by atoms with Crippen molar-refractivity contribution in [1.29, 1.82) is 5.26 Å². The van der Waals surface area contributed by atoms with Gasteiger partial charge in [0.2, 0.25) is 11.6 Å². The third kappa shape index (κ3) is 2.18. The number of rotatable bonds is 4. The fraction of sp³-hybridized carbons (Fsp3) is 0.381. The van der Waals surface area contributed by atoms with Crippen LogP contribution in [-0.2, 0) is 14.3 Å². The molecule has 8 heteroatoms. The van der Waals surface area contributed by atoms with Crippen molar-refractivity contribution in [3.63, 3.8) is 0 Å². The number of benzene rings is 1. The Hall–Kier alpha value is -2.99. The zero-order valence-electron chi connectivity index (χ0n) is 16.0. The van der Waals surface area contributed by atoms with Crippen LogP contribution in [0.1, 0.15) is 12.5 Å². The van der Waals surface area contributed by atoms with Crippen LogP contribution in [0.5, 0.6) is 0 Å². The molecular weight excluding hydrogens is 372 g/mol. The van der Waals surface area contributed by atoms with Crippen LogP contribution in [0, 0.1) is 17.2 Å². The van der Waals surface area contributed by atoms with Gasteiger partial charge in [0.1, 0.15) is 0 Å². The van der Waals surface area contributed by atoms with E-state index in [4.69, 9.17) is 10.00 Å². The van der Waals surface area contributed by atoms with Crippen molar-refractivity contribution >= 4 is 17.3 Å². The lowest BCUT2D eigenvalue weighted by molar-refractivity contribution is -0.137. The van der Waals surface area contributed by atoms with Crippen molar-refractivity contribution in [1.82, 2.24) is 10.2 Å². The van der Waals surface area contributed by atoms with Crippen LogP contribution in [0.15, 0.2) is 46.8 Å². The van der Waals surface area contributed by atoms with Gasteiger partial charge >= 0.3 is 0 Å². The number of aliphatic hydroxyl groups excluding tert-OH is 1. The first-order chi connectivity index (χ1) is 14.0. The Morgan fingerprint density at radius 3 is 2.90 bits per heavy atom. The summed E-state index contributed by atoms with van der Waals surface area (Å²) in [5, 5.41) is 25.7. The van der Waals surface area contributed by atoms with Crippen molar-refractivity contribution in [3.8, 4) is 6.07 Å². The molecule has 3 heterocycles. The molecule has 1 aromatic rings. The number of nitrogens with zero attached hydrogens (tertiary/aromatic N) is 2. The average molecular weight is 392 g/mol. The number of carbonyl (C=O) groups is 2. The van der Waals surface area contributed by atoms with Gasteiger partial charge in [-0.05, 0) is 25.1 Å². The van der Waals surface area contributed by atoms with Crippen LogP contribution in [0.3, 0.4) is 0 Å². The molecule has 3 aliphatic heterocycles. The topological polar surface area (TPSA) is 125 Å². The summed E-state index contributed by atoms with van der Waals surface area (Å²) in [5.41, 5.74) is 1.21. The van der Waals surface area contributed by atoms with E-state index in [-0.39, 0.29) is 36.0 Å². The largest absolute Gasteiger partial charge is 0.396 e. The maximum Gasteiger partial charge on any atom is 0.208 e. The van der Waals surface area contributed by atoms with Crippen LogP contribution in [-0.4, -0.2) is 59.6 Å². The Labute approximate surface area is 167 Å². The predicted octanol–water partition coefficient (Wildman–Crippen LogP) is 0.271. The molecule has 5 rings (SSSR count). The van der Waals surface area contributed by atoms with E-state index in [1.54, 1.807) is 38.3 Å². The second-order valence-corrected chi connectivity index (χ2v) is 7.79. The maximum atomic E-state index is 13.5. The molecule has 1 aromatic carbocycles. The van der Waals surface area contributed by atoms with Gasteiger partial charge in [0.05, 0.1) is 41.6 Å². The lowest BCUT2D eigenvalue weighted by atomic mass is 9.82. The molecule has 0 radical (unpaired) electrons. The van der Waals surface area contributed by atoms with E-state index < -0.39 is 11.6 Å². The number of ether oxygens (including phenoxy) is 1. The lowest BCUT2D eigenvalue weighted by Crippen LogP contribution is -2.54. The number of nitrogens with one attached hydrogen (secondary N) is 2. The van der Waals surface area contributed by atoms with Crippen LogP contribution in [0.25, 0.3) is 0 Å². The fourth-order valence-corrected chi connectivity index (χ4v) is 5.11. The van der Waals surface area contributed by atoms with E-state index in [1.807, 2.05) is 4.90 Å². The molecule has 2 fully saturated rings. The SMILES string of the molecule is COC12C(CO)C3=C(C(=O)C(C)=C(Nc4cccc(C#N)c4)C3=O)N1CC1NC12. The summed E-state index contributed by atoms with van der Waals surface area (Å²) >= 11 is 0. The van der Waals surface area contributed by atoms with Gasteiger partial charge in [-0.25, -0.2) is 0 Å². The predicted molar refractivity (Wildman–Crippen MR) is 102 cm³/mol. The first-order valence-corrected chi connectivity index (χ1v) is 9.49. The fourth-order valence-electron chi connectivity index (χ4n) is 5.11. The Morgan fingerprint density at radius 2 is 2.21 bits per heavy atom. The molecule has 4 aliphatic rings. The smallest absolute Gasteiger partial charge is 0.208 e. The Morgan fingerprint density at radius 1 is 1.41 bits per heavy atom. The average Bonchev–Trinajstić information content (AvgIpc) is 3.35. The lowest BCUT2D eigenvalue weighted by Gasteiger charge is -2.39. The number of carbonyl (C=O) groups excluding carboxylic acids is 2. The summed E-state index contributed by atoms with van der Waals surface area (Å²) in [6.07, 6.45) is 0. The number of allylic oxidation sites excluding steroid dienone is 2. The molecule has 4 unspecified atom stereocenters. The van der Waals surface area contributed by atoms with Crippen molar-refractivity contribution in [3.05, 3.63) is 52.4 Å². The number of piperazine rings is 1. The summed E-state index contributed by atoms with van der Waals surface area (Å²) < 4.78 is 5.87. The molecule has 29 heavy (non-hydrogen) atoms. The van der Waals surface area contributed by atoms with E-state index >= 15 is 0 Å². The third-order valence-electron chi connectivity index (χ3n) is 6.48. The van der Waals surface area contributed by atoms with Gasteiger partial charge in [0, 0.05) is 36.5 Å². The summed E-state index contributed by atoms with van der Waals surface area (Å²) in [6, 6.07) is 8.94. The number of fused-ring (bicyclic) bond motifs is 4. The molecule has 0 amide bonds. The number of aliphatic hydroxyl groups is 1. The Kier molecular flexibility index (Phi) is 3.74. The van der Waals surface area contributed by atoms with E-state index in [9.17, 15) is 14.7 Å². The van der Waals surface area contributed by atoms with E-state index in [1.165, 1.54) is 0 Å². The second-order valence-electron chi connectivity index (χ2n) is 7.79. The van der Waals surface area contributed by atoms with Crippen molar-refractivity contribution in [2.45, 2.75) is 24.7 Å². The minimum absolute atomic E-state index is 0.0279. The van der Waals surface area contributed by atoms with Gasteiger partial charge in [0.15, 0.2) is 5.72 Å². The molecule has 148 valence electrons. The van der Waals surface area contributed by atoms with E-state index in [2.05, 4.69) is 16.7 Å². The quantitative estimate of drug-likeness (QED) is 0.493. The molecule has 0 bridgehead atoms. The van der Waals surface area contributed by atoms with Gasteiger partial charge in [-0.2, -0.15) is 5.26 Å². The van der Waals surface area contributed by atoms with Crippen molar-refractivity contribution in [2.75, 3.05) is 25.6 Å². The first-order valence-electron chi connectivity index (χ1n) is 9.49. The summed E-state index contributed by atoms with van der Waals surface area (Å²) in [7, 11) is 1.55. The van der Waals surface area contributed by atoms with Gasteiger partial charge < -0.3 is 25.4 Å². The van der Waals surface area contributed by atoms with Crippen LogP contribution >= 0.6 is 0 Å². The number of Topliss-reactive ketones (excluding diaryl/α,β-unsaturated/α-hetero) is 2. The molecule has 0 saturated carbocycles. The number of hydrogen-bond acceptors (Lipinski definition) is 8. The number of hydrogen-bond donors (Lipinski definition) is 3. The zero-order chi connectivity index (χ0) is 20.5.